The Bertz CT molecular complexity index is 407. The van der Waals surface area contributed by atoms with Gasteiger partial charge in [0.2, 0.25) is 0 Å². The van der Waals surface area contributed by atoms with Crippen LogP contribution in [-0.4, -0.2) is 5.11 Å². The molecular weight excluding hydrogens is 224 g/mol. The van der Waals surface area contributed by atoms with Gasteiger partial charge in [0.05, 0.1) is 11.2 Å². The predicted molar refractivity (Wildman–Crippen MR) is 49.1 cm³/mol. The first-order valence-corrected chi connectivity index (χ1v) is 4.93. The Labute approximate surface area is 89.7 Å². The maximum atomic E-state index is 13.6. The van der Waals surface area contributed by atoms with Crippen molar-refractivity contribution in [1.29, 1.82) is 0 Å². The van der Waals surface area contributed by atoms with Crippen LogP contribution in [-0.2, 0) is 11.8 Å². The first-order valence-electron chi connectivity index (χ1n) is 4.93. The lowest BCUT2D eigenvalue weighted by Gasteiger charge is -2.37. The van der Waals surface area contributed by atoms with Gasteiger partial charge in [-0.3, -0.25) is 0 Å². The second kappa shape index (κ2) is 3.45. The lowest BCUT2D eigenvalue weighted by Crippen LogP contribution is -2.35. The van der Waals surface area contributed by atoms with Gasteiger partial charge >= 0.3 is 6.18 Å². The van der Waals surface area contributed by atoms with E-state index in [0.29, 0.717) is 25.3 Å². The molecule has 0 amide bonds. The number of benzene rings is 1. The van der Waals surface area contributed by atoms with Gasteiger partial charge < -0.3 is 5.11 Å². The van der Waals surface area contributed by atoms with Crippen LogP contribution in [0.15, 0.2) is 18.2 Å². The van der Waals surface area contributed by atoms with Gasteiger partial charge in [0.15, 0.2) is 0 Å². The molecule has 1 N–H and O–H groups in total. The van der Waals surface area contributed by atoms with E-state index in [1.165, 1.54) is 6.07 Å². The second-order valence-electron chi connectivity index (χ2n) is 4.05. The smallest absolute Gasteiger partial charge is 0.385 e. The molecule has 0 aliphatic heterocycles. The van der Waals surface area contributed by atoms with Crippen molar-refractivity contribution in [3.05, 3.63) is 35.1 Å². The Morgan fingerprint density at radius 3 is 2.25 bits per heavy atom. The fourth-order valence-corrected chi connectivity index (χ4v) is 1.89. The molecule has 1 aromatic rings. The number of hydrogen-bond acceptors (Lipinski definition) is 1. The molecule has 1 aliphatic carbocycles. The second-order valence-corrected chi connectivity index (χ2v) is 4.05. The largest absolute Gasteiger partial charge is 0.419 e. The Kier molecular flexibility index (Phi) is 2.45. The molecule has 1 aromatic carbocycles. The normalized spacial score (nSPS) is 19.3. The number of aliphatic hydroxyl groups is 1. The maximum Gasteiger partial charge on any atom is 0.419 e. The van der Waals surface area contributed by atoms with Crippen molar-refractivity contribution >= 4 is 0 Å². The van der Waals surface area contributed by atoms with E-state index < -0.39 is 23.2 Å². The van der Waals surface area contributed by atoms with Crippen molar-refractivity contribution in [3.8, 4) is 0 Å². The minimum Gasteiger partial charge on any atom is -0.385 e. The van der Waals surface area contributed by atoms with E-state index in [1.54, 1.807) is 0 Å². The van der Waals surface area contributed by atoms with E-state index in [9.17, 15) is 22.7 Å². The SMILES string of the molecule is OC1(c2cccc(C(F)(F)F)c2F)CCC1. The summed E-state index contributed by atoms with van der Waals surface area (Å²) in [5.74, 6) is -1.35. The van der Waals surface area contributed by atoms with Crippen molar-refractivity contribution < 1.29 is 22.7 Å². The molecule has 0 bridgehead atoms. The van der Waals surface area contributed by atoms with Crippen LogP contribution >= 0.6 is 0 Å². The molecule has 5 heteroatoms. The first-order chi connectivity index (χ1) is 7.34. The number of hydrogen-bond donors (Lipinski definition) is 1. The van der Waals surface area contributed by atoms with Gasteiger partial charge in [-0.05, 0) is 25.3 Å². The highest BCUT2D eigenvalue weighted by molar-refractivity contribution is 5.33. The van der Waals surface area contributed by atoms with Crippen molar-refractivity contribution in [3.63, 3.8) is 0 Å². The third kappa shape index (κ3) is 1.69. The average Bonchev–Trinajstić information content (AvgIpc) is 2.13. The molecule has 1 saturated carbocycles. The lowest BCUT2D eigenvalue weighted by molar-refractivity contribution is -0.140. The van der Waals surface area contributed by atoms with Gasteiger partial charge in [-0.15, -0.1) is 0 Å². The van der Waals surface area contributed by atoms with Crippen molar-refractivity contribution in [2.24, 2.45) is 0 Å². The highest BCUT2D eigenvalue weighted by atomic mass is 19.4. The Balaban J connectivity index is 2.49. The zero-order valence-electron chi connectivity index (χ0n) is 8.31. The Morgan fingerprint density at radius 2 is 1.81 bits per heavy atom. The summed E-state index contributed by atoms with van der Waals surface area (Å²) in [6.45, 7) is 0. The zero-order chi connectivity index (χ0) is 12.0. The van der Waals surface area contributed by atoms with Crippen molar-refractivity contribution in [2.45, 2.75) is 31.0 Å². The molecule has 0 unspecified atom stereocenters. The van der Waals surface area contributed by atoms with Gasteiger partial charge in [-0.1, -0.05) is 12.1 Å². The van der Waals surface area contributed by atoms with Gasteiger partial charge in [0.1, 0.15) is 5.82 Å². The molecule has 0 atom stereocenters. The summed E-state index contributed by atoms with van der Waals surface area (Å²) in [5.41, 5.74) is -2.97. The Morgan fingerprint density at radius 1 is 1.19 bits per heavy atom. The summed E-state index contributed by atoms with van der Waals surface area (Å²) in [7, 11) is 0. The van der Waals surface area contributed by atoms with Crippen LogP contribution in [0.25, 0.3) is 0 Å². The van der Waals surface area contributed by atoms with Gasteiger partial charge in [-0.25, -0.2) is 4.39 Å². The van der Waals surface area contributed by atoms with Crippen LogP contribution in [0.5, 0.6) is 0 Å². The molecule has 1 nitrogen and oxygen atoms in total. The third-order valence-electron chi connectivity index (χ3n) is 2.99. The molecule has 0 heterocycles. The summed E-state index contributed by atoms with van der Waals surface area (Å²) in [4.78, 5) is 0. The zero-order valence-corrected chi connectivity index (χ0v) is 8.31. The van der Waals surface area contributed by atoms with E-state index >= 15 is 0 Å². The molecule has 2 rings (SSSR count). The van der Waals surface area contributed by atoms with E-state index in [1.807, 2.05) is 0 Å². The molecule has 1 fully saturated rings. The van der Waals surface area contributed by atoms with Crippen LogP contribution in [0, 0.1) is 5.82 Å². The van der Waals surface area contributed by atoms with Crippen LogP contribution in [0.2, 0.25) is 0 Å². The highest BCUT2D eigenvalue weighted by Gasteiger charge is 2.42. The molecular formula is C11H10F4O. The predicted octanol–water partition coefficient (Wildman–Crippen LogP) is 3.22. The summed E-state index contributed by atoms with van der Waals surface area (Å²) in [6.07, 6.45) is -3.40. The standard InChI is InChI=1S/C11H10F4O/c12-9-7(10(16)5-2-6-10)3-1-4-8(9)11(13,14)15/h1,3-4,16H,2,5-6H2. The number of halogens is 4. The molecule has 0 radical (unpaired) electrons. The summed E-state index contributed by atoms with van der Waals surface area (Å²) < 4.78 is 50.9. The monoisotopic (exact) mass is 234 g/mol. The van der Waals surface area contributed by atoms with E-state index in [2.05, 4.69) is 0 Å². The Hall–Kier alpha value is -1.10. The van der Waals surface area contributed by atoms with Crippen LogP contribution < -0.4 is 0 Å². The molecule has 16 heavy (non-hydrogen) atoms. The van der Waals surface area contributed by atoms with Crippen LogP contribution in [0.1, 0.15) is 30.4 Å². The van der Waals surface area contributed by atoms with Crippen molar-refractivity contribution in [2.75, 3.05) is 0 Å². The third-order valence-corrected chi connectivity index (χ3v) is 2.99. The average molecular weight is 234 g/mol. The van der Waals surface area contributed by atoms with E-state index in [0.717, 1.165) is 6.07 Å². The van der Waals surface area contributed by atoms with E-state index in [-0.39, 0.29) is 5.56 Å². The fraction of sp³-hybridized carbons (Fsp3) is 0.455. The molecule has 0 aromatic heterocycles. The summed E-state index contributed by atoms with van der Waals surface area (Å²) >= 11 is 0. The first kappa shape index (κ1) is 11.4. The van der Waals surface area contributed by atoms with Crippen molar-refractivity contribution in [1.82, 2.24) is 0 Å². The number of rotatable bonds is 1. The fourth-order valence-electron chi connectivity index (χ4n) is 1.89. The summed E-state index contributed by atoms with van der Waals surface area (Å²) in [6, 6.07) is 3.02. The topological polar surface area (TPSA) is 20.2 Å². The van der Waals surface area contributed by atoms with Gasteiger partial charge in [-0.2, -0.15) is 13.2 Å². The van der Waals surface area contributed by atoms with Crippen LogP contribution in [0.3, 0.4) is 0 Å². The quantitative estimate of drug-likeness (QED) is 0.740. The molecule has 0 spiro atoms. The van der Waals surface area contributed by atoms with Gasteiger partial charge in [0.25, 0.3) is 0 Å². The minimum absolute atomic E-state index is 0.242. The maximum absolute atomic E-state index is 13.6. The molecule has 88 valence electrons. The summed E-state index contributed by atoms with van der Waals surface area (Å²) in [5, 5.41) is 9.85. The van der Waals surface area contributed by atoms with E-state index in [4.69, 9.17) is 0 Å². The molecule has 1 aliphatic rings. The van der Waals surface area contributed by atoms with Crippen LogP contribution in [0.4, 0.5) is 17.6 Å². The lowest BCUT2D eigenvalue weighted by atomic mass is 9.74. The minimum atomic E-state index is -4.72. The molecule has 0 saturated heterocycles. The highest BCUT2D eigenvalue weighted by Crippen LogP contribution is 2.44. The number of alkyl halides is 3. The van der Waals surface area contributed by atoms with Gasteiger partial charge in [0, 0.05) is 5.56 Å².